The standard InChI is InChI=1S/C75H134O6/c1-4-7-10-13-16-19-22-25-28-30-31-32-33-34-35-36-37-38-39-40-41-42-43-44-45-46-48-50-53-56-59-62-65-68-74(77)80-71-72(70-79-73(76)67-64-61-58-55-52-49-27-24-21-18-15-12-9-6-3)81-75(78)69-66-63-60-57-54-51-47-29-26-23-20-17-14-11-8-5-2/h7,10,15-16,18-19,24-25,27-28,31-32,72H,4-6,8-9,11-14,17,20-23,26,29-30,33-71H2,1-3H3/b10-7-,18-15-,19-16-,27-24-,28-25-,32-31-. The average molecular weight is 1130 g/mol. The fraction of sp³-hybridized carbons (Fsp3) is 0.800. The average Bonchev–Trinajstić information content (AvgIpc) is 3.47. The van der Waals surface area contributed by atoms with Gasteiger partial charge in [0.25, 0.3) is 0 Å². The van der Waals surface area contributed by atoms with Crippen LogP contribution >= 0.6 is 0 Å². The van der Waals surface area contributed by atoms with E-state index in [0.717, 1.165) is 103 Å². The highest BCUT2D eigenvalue weighted by atomic mass is 16.6. The minimum absolute atomic E-state index is 0.0737. The summed E-state index contributed by atoms with van der Waals surface area (Å²) in [6.45, 7) is 6.53. The first-order valence-electron chi connectivity index (χ1n) is 35.4. The van der Waals surface area contributed by atoms with Crippen LogP contribution in [0.3, 0.4) is 0 Å². The maximum Gasteiger partial charge on any atom is 0.306 e. The number of hydrogen-bond donors (Lipinski definition) is 0. The molecule has 0 saturated carbocycles. The van der Waals surface area contributed by atoms with Crippen molar-refractivity contribution in [2.24, 2.45) is 0 Å². The quantitative estimate of drug-likeness (QED) is 0.0261. The summed E-state index contributed by atoms with van der Waals surface area (Å²) in [5.74, 6) is -0.864. The Kier molecular flexibility index (Phi) is 66.6. The molecule has 6 heteroatoms. The van der Waals surface area contributed by atoms with Crippen LogP contribution in [-0.2, 0) is 28.6 Å². The summed E-state index contributed by atoms with van der Waals surface area (Å²) in [6, 6.07) is 0. The number of hydrogen-bond acceptors (Lipinski definition) is 6. The van der Waals surface area contributed by atoms with Crippen LogP contribution in [0.25, 0.3) is 0 Å². The Morgan fingerprint density at radius 3 is 0.790 bits per heavy atom. The summed E-state index contributed by atoms with van der Waals surface area (Å²) in [5.41, 5.74) is 0. The summed E-state index contributed by atoms with van der Waals surface area (Å²) in [7, 11) is 0. The van der Waals surface area contributed by atoms with Gasteiger partial charge in [0.15, 0.2) is 6.10 Å². The molecule has 0 amide bonds. The molecule has 0 N–H and O–H groups in total. The molecule has 0 radical (unpaired) electrons. The summed E-state index contributed by atoms with van der Waals surface area (Å²) < 4.78 is 17.0. The Balaban J connectivity index is 4.14. The van der Waals surface area contributed by atoms with Gasteiger partial charge in [-0.05, 0) is 83.5 Å². The second-order valence-electron chi connectivity index (χ2n) is 23.8. The van der Waals surface area contributed by atoms with Crippen LogP contribution in [0.2, 0.25) is 0 Å². The highest BCUT2D eigenvalue weighted by Gasteiger charge is 2.19. The smallest absolute Gasteiger partial charge is 0.306 e. The van der Waals surface area contributed by atoms with E-state index >= 15 is 0 Å². The number of ether oxygens (including phenoxy) is 3. The van der Waals surface area contributed by atoms with Gasteiger partial charge in [0, 0.05) is 19.3 Å². The number of carbonyl (C=O) groups excluding carboxylic acids is 3. The van der Waals surface area contributed by atoms with Gasteiger partial charge in [-0.3, -0.25) is 14.4 Å². The molecule has 1 atom stereocenters. The lowest BCUT2D eigenvalue weighted by atomic mass is 10.0. The molecule has 0 spiro atoms. The SMILES string of the molecule is CC/C=C\C/C=C\C/C=C\C/C=C\CCCCCCCCCCCCCCCCCCCCCCC(=O)OCC(COC(=O)CCCCCCC/C=C\C/C=C\CCCC)OC(=O)CCCCCCCCCCCCCCCCCC. The van der Waals surface area contributed by atoms with Gasteiger partial charge in [0.1, 0.15) is 13.2 Å². The third kappa shape index (κ3) is 67.5. The van der Waals surface area contributed by atoms with Gasteiger partial charge in [-0.15, -0.1) is 0 Å². The highest BCUT2D eigenvalue weighted by molar-refractivity contribution is 5.71. The fourth-order valence-electron chi connectivity index (χ4n) is 10.4. The molecule has 0 bridgehead atoms. The molecule has 0 aliphatic heterocycles. The largest absolute Gasteiger partial charge is 0.462 e. The molecule has 0 aromatic rings. The number of unbranched alkanes of at least 4 members (excludes halogenated alkanes) is 42. The predicted molar refractivity (Wildman–Crippen MR) is 353 cm³/mol. The normalized spacial score (nSPS) is 12.5. The molecule has 0 aliphatic carbocycles. The predicted octanol–water partition coefficient (Wildman–Crippen LogP) is 24.4. The fourth-order valence-corrected chi connectivity index (χ4v) is 10.4. The lowest BCUT2D eigenvalue weighted by molar-refractivity contribution is -0.167. The third-order valence-corrected chi connectivity index (χ3v) is 15.7. The first kappa shape index (κ1) is 77.9. The van der Waals surface area contributed by atoms with Crippen LogP contribution in [0.5, 0.6) is 0 Å². The zero-order valence-electron chi connectivity index (χ0n) is 54.1. The van der Waals surface area contributed by atoms with E-state index in [9.17, 15) is 14.4 Å². The van der Waals surface area contributed by atoms with Crippen LogP contribution in [0.4, 0.5) is 0 Å². The lowest BCUT2D eigenvalue weighted by Gasteiger charge is -2.18. The van der Waals surface area contributed by atoms with Crippen LogP contribution in [0.15, 0.2) is 72.9 Å². The van der Waals surface area contributed by atoms with Gasteiger partial charge in [0.2, 0.25) is 0 Å². The summed E-state index contributed by atoms with van der Waals surface area (Å²) in [5, 5.41) is 0. The molecule has 1 unspecified atom stereocenters. The van der Waals surface area contributed by atoms with Crippen molar-refractivity contribution in [3.63, 3.8) is 0 Å². The number of carbonyl (C=O) groups is 3. The maximum atomic E-state index is 12.9. The van der Waals surface area contributed by atoms with Gasteiger partial charge in [-0.25, -0.2) is 0 Å². The van der Waals surface area contributed by atoms with Crippen molar-refractivity contribution in [3.05, 3.63) is 72.9 Å². The number of allylic oxidation sites excluding steroid dienone is 12. The van der Waals surface area contributed by atoms with Gasteiger partial charge >= 0.3 is 17.9 Å². The Morgan fingerprint density at radius 2 is 0.494 bits per heavy atom. The van der Waals surface area contributed by atoms with Crippen LogP contribution in [0, 0.1) is 0 Å². The van der Waals surface area contributed by atoms with Crippen molar-refractivity contribution in [3.8, 4) is 0 Å². The Labute approximate surface area is 503 Å². The molecule has 6 nitrogen and oxygen atoms in total. The van der Waals surface area contributed by atoms with Crippen molar-refractivity contribution in [1.82, 2.24) is 0 Å². The molecule has 0 heterocycles. The van der Waals surface area contributed by atoms with Gasteiger partial charge in [0.05, 0.1) is 0 Å². The summed E-state index contributed by atoms with van der Waals surface area (Å²) >= 11 is 0. The van der Waals surface area contributed by atoms with E-state index in [0.29, 0.717) is 19.3 Å². The van der Waals surface area contributed by atoms with Crippen LogP contribution in [-0.4, -0.2) is 37.2 Å². The van der Waals surface area contributed by atoms with Gasteiger partial charge < -0.3 is 14.2 Å². The Morgan fingerprint density at radius 1 is 0.259 bits per heavy atom. The number of rotatable bonds is 65. The van der Waals surface area contributed by atoms with Crippen molar-refractivity contribution in [2.45, 2.75) is 374 Å². The molecule has 0 aliphatic rings. The number of esters is 3. The highest BCUT2D eigenvalue weighted by Crippen LogP contribution is 2.18. The van der Waals surface area contributed by atoms with Crippen molar-refractivity contribution < 1.29 is 28.6 Å². The molecule has 0 saturated heterocycles. The summed E-state index contributed by atoms with van der Waals surface area (Å²) in [6.07, 6.45) is 90.8. The topological polar surface area (TPSA) is 78.9 Å². The molecule has 0 fully saturated rings. The molecular weight excluding hydrogens is 997 g/mol. The zero-order chi connectivity index (χ0) is 58.5. The van der Waals surface area contributed by atoms with E-state index < -0.39 is 6.10 Å². The van der Waals surface area contributed by atoms with Crippen molar-refractivity contribution >= 4 is 17.9 Å². The molecule has 81 heavy (non-hydrogen) atoms. The Hall–Kier alpha value is -3.15. The minimum atomic E-state index is -0.778. The maximum absolute atomic E-state index is 12.9. The van der Waals surface area contributed by atoms with Crippen LogP contribution in [0.1, 0.15) is 367 Å². The molecule has 470 valence electrons. The molecule has 0 aromatic carbocycles. The molecule has 0 rings (SSSR count). The van der Waals surface area contributed by atoms with Crippen molar-refractivity contribution in [2.75, 3.05) is 13.2 Å². The van der Waals surface area contributed by atoms with E-state index in [1.807, 2.05) is 0 Å². The third-order valence-electron chi connectivity index (χ3n) is 15.7. The van der Waals surface area contributed by atoms with E-state index in [2.05, 4.69) is 93.7 Å². The second-order valence-corrected chi connectivity index (χ2v) is 23.8. The monoisotopic (exact) mass is 1130 g/mol. The zero-order valence-corrected chi connectivity index (χ0v) is 54.1. The van der Waals surface area contributed by atoms with Gasteiger partial charge in [-0.2, -0.15) is 0 Å². The second kappa shape index (κ2) is 69.3. The first-order chi connectivity index (χ1) is 40.0. The van der Waals surface area contributed by atoms with Gasteiger partial charge in [-0.1, -0.05) is 338 Å². The summed E-state index contributed by atoms with van der Waals surface area (Å²) in [4.78, 5) is 38.4. The van der Waals surface area contributed by atoms with Crippen molar-refractivity contribution in [1.29, 1.82) is 0 Å². The first-order valence-corrected chi connectivity index (χ1v) is 35.4. The van der Waals surface area contributed by atoms with E-state index in [1.54, 1.807) is 0 Å². The minimum Gasteiger partial charge on any atom is -0.462 e. The lowest BCUT2D eigenvalue weighted by Crippen LogP contribution is -2.30. The van der Waals surface area contributed by atoms with E-state index in [1.165, 1.54) is 225 Å². The van der Waals surface area contributed by atoms with E-state index in [-0.39, 0.29) is 31.1 Å². The Bertz CT molecular complexity index is 1490. The van der Waals surface area contributed by atoms with Crippen LogP contribution < -0.4 is 0 Å². The van der Waals surface area contributed by atoms with E-state index in [4.69, 9.17) is 14.2 Å². The molecule has 0 aromatic heterocycles. The molecular formula is C75H134O6.